The number of rotatable bonds is 8. The molecular weight excluding hydrogens is 304 g/mol. The predicted molar refractivity (Wildman–Crippen MR) is 98.4 cm³/mol. The maximum atomic E-state index is 12.2. The fourth-order valence-electron chi connectivity index (χ4n) is 2.03. The molecule has 2 nitrogen and oxygen atoms in total. The number of carbonyl (C=O) groups is 1. The summed E-state index contributed by atoms with van der Waals surface area (Å²) in [4.78, 5) is 13.4. The van der Waals surface area contributed by atoms with Crippen molar-refractivity contribution >= 4 is 23.6 Å². The zero-order valence-corrected chi connectivity index (χ0v) is 14.4. The second-order valence-corrected chi connectivity index (χ2v) is 6.37. The minimum absolute atomic E-state index is 0.0194. The summed E-state index contributed by atoms with van der Waals surface area (Å²) >= 11 is 1.84. The normalized spacial score (nSPS) is 10.9. The van der Waals surface area contributed by atoms with E-state index in [0.29, 0.717) is 0 Å². The number of unbranched alkanes of at least 4 members (excludes halogenated alkanes) is 1. The summed E-state index contributed by atoms with van der Waals surface area (Å²) in [5, 5.41) is 0. The molecule has 2 rings (SSSR count). The van der Waals surface area contributed by atoms with Gasteiger partial charge in [0.1, 0.15) is 5.75 Å². The first-order valence-electron chi connectivity index (χ1n) is 7.82. The van der Waals surface area contributed by atoms with Gasteiger partial charge in [-0.15, -0.1) is 11.8 Å². The van der Waals surface area contributed by atoms with Crippen LogP contribution in [0.25, 0.3) is 6.08 Å². The van der Waals surface area contributed by atoms with E-state index >= 15 is 0 Å². The van der Waals surface area contributed by atoms with Crippen LogP contribution in [0.2, 0.25) is 0 Å². The Hall–Kier alpha value is -2.00. The number of allylic oxidation sites excluding steroid dienone is 1. The maximum Gasteiger partial charge on any atom is 0.185 e. The van der Waals surface area contributed by atoms with Crippen LogP contribution in [0.5, 0.6) is 5.75 Å². The van der Waals surface area contributed by atoms with Gasteiger partial charge in [-0.2, -0.15) is 0 Å². The molecule has 3 heteroatoms. The van der Waals surface area contributed by atoms with Crippen molar-refractivity contribution in [1.82, 2.24) is 0 Å². The Bertz CT molecular complexity index is 642. The van der Waals surface area contributed by atoms with Crippen LogP contribution < -0.4 is 4.74 Å². The largest absolute Gasteiger partial charge is 0.497 e. The molecule has 0 saturated carbocycles. The molecule has 0 N–H and O–H groups in total. The summed E-state index contributed by atoms with van der Waals surface area (Å²) in [6.07, 6.45) is 5.86. The van der Waals surface area contributed by atoms with E-state index in [1.165, 1.54) is 17.7 Å². The van der Waals surface area contributed by atoms with Gasteiger partial charge in [0.05, 0.1) is 7.11 Å². The van der Waals surface area contributed by atoms with Gasteiger partial charge in [-0.1, -0.05) is 31.6 Å². The van der Waals surface area contributed by atoms with Crippen molar-refractivity contribution < 1.29 is 9.53 Å². The molecule has 0 heterocycles. The minimum Gasteiger partial charge on any atom is -0.497 e. The van der Waals surface area contributed by atoms with Crippen molar-refractivity contribution in [3.05, 3.63) is 65.7 Å². The highest BCUT2D eigenvalue weighted by Crippen LogP contribution is 2.20. The molecule has 120 valence electrons. The van der Waals surface area contributed by atoms with Crippen molar-refractivity contribution in [3.63, 3.8) is 0 Å². The molecule has 0 radical (unpaired) electrons. The monoisotopic (exact) mass is 326 g/mol. The lowest BCUT2D eigenvalue weighted by Gasteiger charge is -2.02. The summed E-state index contributed by atoms with van der Waals surface area (Å²) in [6, 6.07) is 15.5. The van der Waals surface area contributed by atoms with E-state index in [0.717, 1.165) is 22.6 Å². The van der Waals surface area contributed by atoms with E-state index in [4.69, 9.17) is 4.74 Å². The number of ketones is 1. The van der Waals surface area contributed by atoms with Gasteiger partial charge in [-0.25, -0.2) is 0 Å². The summed E-state index contributed by atoms with van der Waals surface area (Å²) in [5.74, 6) is 1.96. The number of ether oxygens (including phenoxy) is 1. The van der Waals surface area contributed by atoms with E-state index in [-0.39, 0.29) is 5.78 Å². The molecule has 23 heavy (non-hydrogen) atoms. The standard InChI is InChI=1S/C20H22O2S/c1-3-4-15-23-19-12-8-17(9-13-19)20(21)14-7-16-5-10-18(22-2)11-6-16/h5-14H,3-4,15H2,1-2H3/b14-7+. The number of thioether (sulfide) groups is 1. The molecule has 0 saturated heterocycles. The van der Waals surface area contributed by atoms with Gasteiger partial charge in [0.15, 0.2) is 5.78 Å². The van der Waals surface area contributed by atoms with Crippen molar-refractivity contribution in [2.45, 2.75) is 24.7 Å². The quantitative estimate of drug-likeness (QED) is 0.278. The van der Waals surface area contributed by atoms with E-state index in [9.17, 15) is 4.79 Å². The van der Waals surface area contributed by atoms with Crippen molar-refractivity contribution in [2.24, 2.45) is 0 Å². The first kappa shape index (κ1) is 17.4. The molecule has 0 fully saturated rings. The lowest BCUT2D eigenvalue weighted by atomic mass is 10.1. The highest BCUT2D eigenvalue weighted by atomic mass is 32.2. The molecule has 0 bridgehead atoms. The highest BCUT2D eigenvalue weighted by molar-refractivity contribution is 7.99. The lowest BCUT2D eigenvalue weighted by Crippen LogP contribution is -1.93. The fourth-order valence-corrected chi connectivity index (χ4v) is 3.03. The average Bonchev–Trinajstić information content (AvgIpc) is 2.61. The third-order valence-corrected chi connectivity index (χ3v) is 4.55. The summed E-state index contributed by atoms with van der Waals surface area (Å²) in [5.41, 5.74) is 1.69. The molecule has 0 amide bonds. The molecule has 0 atom stereocenters. The molecule has 0 aliphatic heterocycles. The number of benzene rings is 2. The Morgan fingerprint density at radius 1 is 1.09 bits per heavy atom. The van der Waals surface area contributed by atoms with Gasteiger partial charge in [0.2, 0.25) is 0 Å². The molecule has 0 aliphatic rings. The van der Waals surface area contributed by atoms with E-state index < -0.39 is 0 Å². The third kappa shape index (κ3) is 5.61. The molecule has 0 aliphatic carbocycles. The Morgan fingerprint density at radius 2 is 1.78 bits per heavy atom. The lowest BCUT2D eigenvalue weighted by molar-refractivity contribution is 0.104. The Kier molecular flexibility index (Phi) is 6.95. The van der Waals surface area contributed by atoms with Crippen LogP contribution in [-0.4, -0.2) is 18.6 Å². The minimum atomic E-state index is 0.0194. The summed E-state index contributed by atoms with van der Waals surface area (Å²) in [7, 11) is 1.64. The Labute approximate surface area is 142 Å². The third-order valence-electron chi connectivity index (χ3n) is 3.45. The van der Waals surface area contributed by atoms with E-state index in [1.807, 2.05) is 66.4 Å². The molecule has 0 unspecified atom stereocenters. The zero-order chi connectivity index (χ0) is 16.5. The number of hydrogen-bond acceptors (Lipinski definition) is 3. The van der Waals surface area contributed by atoms with Crippen LogP contribution in [-0.2, 0) is 0 Å². The van der Waals surface area contributed by atoms with Crippen LogP contribution in [0, 0.1) is 0 Å². The van der Waals surface area contributed by atoms with Gasteiger partial charge < -0.3 is 4.74 Å². The van der Waals surface area contributed by atoms with Crippen molar-refractivity contribution in [1.29, 1.82) is 0 Å². The molecule has 2 aromatic carbocycles. The van der Waals surface area contributed by atoms with Crippen molar-refractivity contribution in [2.75, 3.05) is 12.9 Å². The molecule has 0 aromatic heterocycles. The van der Waals surface area contributed by atoms with Crippen LogP contribution >= 0.6 is 11.8 Å². The second-order valence-electron chi connectivity index (χ2n) is 5.20. The summed E-state index contributed by atoms with van der Waals surface area (Å²) < 4.78 is 5.12. The number of methoxy groups -OCH3 is 1. The fraction of sp³-hybridized carbons (Fsp3) is 0.250. The van der Waals surface area contributed by atoms with Gasteiger partial charge in [-0.3, -0.25) is 4.79 Å². The Morgan fingerprint density at radius 3 is 2.39 bits per heavy atom. The topological polar surface area (TPSA) is 26.3 Å². The smallest absolute Gasteiger partial charge is 0.185 e. The van der Waals surface area contributed by atoms with E-state index in [1.54, 1.807) is 13.2 Å². The van der Waals surface area contributed by atoms with Crippen LogP contribution in [0.1, 0.15) is 35.7 Å². The van der Waals surface area contributed by atoms with Crippen molar-refractivity contribution in [3.8, 4) is 5.75 Å². The van der Waals surface area contributed by atoms with Gasteiger partial charge in [-0.05, 0) is 60.2 Å². The number of hydrogen-bond donors (Lipinski definition) is 0. The van der Waals surface area contributed by atoms with Gasteiger partial charge >= 0.3 is 0 Å². The summed E-state index contributed by atoms with van der Waals surface area (Å²) in [6.45, 7) is 2.19. The maximum absolute atomic E-state index is 12.2. The van der Waals surface area contributed by atoms with E-state index in [2.05, 4.69) is 6.92 Å². The van der Waals surface area contributed by atoms with Gasteiger partial charge in [0.25, 0.3) is 0 Å². The van der Waals surface area contributed by atoms with Crippen LogP contribution in [0.3, 0.4) is 0 Å². The zero-order valence-electron chi connectivity index (χ0n) is 13.6. The molecule has 2 aromatic rings. The first-order valence-corrected chi connectivity index (χ1v) is 8.81. The molecule has 0 spiro atoms. The Balaban J connectivity index is 1.95. The van der Waals surface area contributed by atoms with Crippen LogP contribution in [0.4, 0.5) is 0 Å². The second kappa shape index (κ2) is 9.21. The highest BCUT2D eigenvalue weighted by Gasteiger charge is 2.02. The predicted octanol–water partition coefficient (Wildman–Crippen LogP) is 5.48. The molecular formula is C20H22O2S. The van der Waals surface area contributed by atoms with Crippen LogP contribution in [0.15, 0.2) is 59.5 Å². The first-order chi connectivity index (χ1) is 11.2. The SMILES string of the molecule is CCCCSc1ccc(C(=O)/C=C/c2ccc(OC)cc2)cc1. The van der Waals surface area contributed by atoms with Gasteiger partial charge in [0, 0.05) is 10.5 Å². The average molecular weight is 326 g/mol. The number of carbonyl (C=O) groups excluding carboxylic acids is 1.